The molecule has 0 spiro atoms. The lowest BCUT2D eigenvalue weighted by molar-refractivity contribution is -0.154. The molecule has 0 aliphatic carbocycles. The number of carbonyl (C=O) groups excluding carboxylic acids is 2. The Hall–Kier alpha value is -1.83. The smallest absolute Gasteiger partial charge is 0.417 e. The van der Waals surface area contributed by atoms with Crippen LogP contribution in [-0.4, -0.2) is 30.1 Å². The van der Waals surface area contributed by atoms with E-state index < -0.39 is 23.7 Å². The molecule has 1 aromatic rings. The Morgan fingerprint density at radius 1 is 1.14 bits per heavy atom. The van der Waals surface area contributed by atoms with Crippen LogP contribution in [0, 0.1) is 0 Å². The number of hydrogen-bond acceptors (Lipinski definition) is 5. The van der Waals surface area contributed by atoms with Crippen LogP contribution in [-0.2, 0) is 25.2 Å². The van der Waals surface area contributed by atoms with Gasteiger partial charge in [-0.3, -0.25) is 14.6 Å². The molecule has 0 bridgehead atoms. The largest absolute Gasteiger partial charge is 0.466 e. The molecule has 0 unspecified atom stereocenters. The molecule has 5 nitrogen and oxygen atoms in total. The summed E-state index contributed by atoms with van der Waals surface area (Å²) in [5.74, 6) is -1.07. The van der Waals surface area contributed by atoms with Gasteiger partial charge in [-0.15, -0.1) is 0 Å². The Bertz CT molecular complexity index is 478. The van der Waals surface area contributed by atoms with Crippen molar-refractivity contribution in [3.05, 3.63) is 29.0 Å². The molecule has 9 heteroatoms. The second kappa shape index (κ2) is 9.99. The molecule has 0 aromatic carbocycles. The highest BCUT2D eigenvalue weighted by Crippen LogP contribution is 2.29. The van der Waals surface area contributed by atoms with Crippen molar-refractivity contribution in [3.63, 3.8) is 0 Å². The maximum Gasteiger partial charge on any atom is 0.417 e. The first kappa shape index (κ1) is 20.2. The fraction of sp³-hybridized carbons (Fsp3) is 0.462. The summed E-state index contributed by atoms with van der Waals surface area (Å²) in [6.45, 7) is 3.95. The molecule has 0 saturated heterocycles. The van der Waals surface area contributed by atoms with Crippen molar-refractivity contribution < 1.29 is 32.2 Å². The summed E-state index contributed by atoms with van der Waals surface area (Å²) in [5, 5.41) is -0.0141. The molecule has 0 atom stereocenters. The van der Waals surface area contributed by atoms with Gasteiger partial charge in [0.15, 0.2) is 0 Å². The minimum atomic E-state index is -4.36. The molecular weight excluding hydrogens is 327 g/mol. The van der Waals surface area contributed by atoms with E-state index in [0.29, 0.717) is 0 Å². The van der Waals surface area contributed by atoms with Crippen LogP contribution in [0.4, 0.5) is 13.2 Å². The maximum atomic E-state index is 11.9. The van der Waals surface area contributed by atoms with Crippen LogP contribution in [0.1, 0.15) is 25.8 Å². The first-order chi connectivity index (χ1) is 10.2. The Morgan fingerprint density at radius 2 is 1.64 bits per heavy atom. The highest BCUT2D eigenvalue weighted by Gasteiger charge is 2.30. The van der Waals surface area contributed by atoms with Gasteiger partial charge in [-0.1, -0.05) is 11.6 Å². The third-order valence-corrected chi connectivity index (χ3v) is 2.14. The Labute approximate surface area is 130 Å². The lowest BCUT2D eigenvalue weighted by atomic mass is 10.3. The molecular formula is C13H15ClF3NO4. The van der Waals surface area contributed by atoms with Gasteiger partial charge >= 0.3 is 18.1 Å². The van der Waals surface area contributed by atoms with Gasteiger partial charge < -0.3 is 9.47 Å². The molecule has 0 saturated carbocycles. The van der Waals surface area contributed by atoms with E-state index in [2.05, 4.69) is 14.5 Å². The van der Waals surface area contributed by atoms with E-state index in [-0.39, 0.29) is 24.7 Å². The van der Waals surface area contributed by atoms with Gasteiger partial charge in [-0.2, -0.15) is 13.2 Å². The van der Waals surface area contributed by atoms with Gasteiger partial charge in [0, 0.05) is 12.4 Å². The number of esters is 2. The van der Waals surface area contributed by atoms with Crippen molar-refractivity contribution >= 4 is 23.5 Å². The van der Waals surface area contributed by atoms with Crippen LogP contribution in [0.2, 0.25) is 5.02 Å². The van der Waals surface area contributed by atoms with Gasteiger partial charge in [-0.05, 0) is 19.9 Å². The van der Waals surface area contributed by atoms with Crippen molar-refractivity contribution in [2.45, 2.75) is 26.4 Å². The first-order valence-corrected chi connectivity index (χ1v) is 6.57. The average Bonchev–Trinajstić information content (AvgIpc) is 2.38. The quantitative estimate of drug-likeness (QED) is 0.621. The maximum absolute atomic E-state index is 11.9. The number of rotatable bonds is 4. The van der Waals surface area contributed by atoms with E-state index in [9.17, 15) is 22.8 Å². The van der Waals surface area contributed by atoms with Crippen molar-refractivity contribution in [1.82, 2.24) is 4.98 Å². The molecule has 0 amide bonds. The third-order valence-electron chi connectivity index (χ3n) is 1.93. The predicted octanol–water partition coefficient (Wildman–Crippen LogP) is 3.26. The van der Waals surface area contributed by atoms with Crippen LogP contribution in [0.3, 0.4) is 0 Å². The van der Waals surface area contributed by atoms with Crippen LogP contribution in [0.5, 0.6) is 0 Å². The molecule has 22 heavy (non-hydrogen) atoms. The van der Waals surface area contributed by atoms with E-state index in [1.807, 2.05) is 0 Å². The SMILES string of the molecule is CCOC(=O)CC(=O)OCC.FC(F)(F)c1cncc(Cl)c1. The van der Waals surface area contributed by atoms with Crippen molar-refractivity contribution in [3.8, 4) is 0 Å². The number of ether oxygens (including phenoxy) is 2. The molecule has 124 valence electrons. The van der Waals surface area contributed by atoms with E-state index in [1.54, 1.807) is 13.8 Å². The molecule has 0 radical (unpaired) electrons. The molecule has 0 fully saturated rings. The van der Waals surface area contributed by atoms with Gasteiger partial charge in [0.1, 0.15) is 6.42 Å². The topological polar surface area (TPSA) is 65.5 Å². The normalized spacial score (nSPS) is 10.3. The molecule has 0 N–H and O–H groups in total. The average molecular weight is 342 g/mol. The Morgan fingerprint density at radius 3 is 1.95 bits per heavy atom. The van der Waals surface area contributed by atoms with Crippen molar-refractivity contribution in [2.75, 3.05) is 13.2 Å². The molecule has 1 rings (SSSR count). The van der Waals surface area contributed by atoms with Crippen LogP contribution in [0.15, 0.2) is 18.5 Å². The Balaban J connectivity index is 0.000000401. The summed E-state index contributed by atoms with van der Waals surface area (Å²) in [6, 6.07) is 0.828. The number of carbonyl (C=O) groups is 2. The third kappa shape index (κ3) is 9.17. The van der Waals surface area contributed by atoms with Crippen LogP contribution < -0.4 is 0 Å². The fourth-order valence-corrected chi connectivity index (χ4v) is 1.28. The summed E-state index contributed by atoms with van der Waals surface area (Å²) in [6.07, 6.45) is -2.78. The number of pyridine rings is 1. The van der Waals surface area contributed by atoms with E-state index in [0.717, 1.165) is 18.5 Å². The number of halogens is 4. The monoisotopic (exact) mass is 341 g/mol. The highest BCUT2D eigenvalue weighted by atomic mass is 35.5. The number of aromatic nitrogens is 1. The lowest BCUT2D eigenvalue weighted by Gasteiger charge is -2.04. The second-order valence-corrected chi connectivity index (χ2v) is 4.11. The number of nitrogens with zero attached hydrogens (tertiary/aromatic N) is 1. The van der Waals surface area contributed by atoms with Crippen LogP contribution >= 0.6 is 11.6 Å². The first-order valence-electron chi connectivity index (χ1n) is 6.19. The zero-order valence-corrected chi connectivity index (χ0v) is 12.7. The van der Waals surface area contributed by atoms with E-state index >= 15 is 0 Å². The van der Waals surface area contributed by atoms with Crippen LogP contribution in [0.25, 0.3) is 0 Å². The van der Waals surface area contributed by atoms with Gasteiger partial charge in [0.2, 0.25) is 0 Å². The molecule has 1 heterocycles. The molecule has 0 aliphatic heterocycles. The summed E-state index contributed by atoms with van der Waals surface area (Å²) in [5.41, 5.74) is -0.829. The lowest BCUT2D eigenvalue weighted by Crippen LogP contribution is -2.13. The predicted molar refractivity (Wildman–Crippen MR) is 72.1 cm³/mol. The molecule has 1 aromatic heterocycles. The zero-order valence-electron chi connectivity index (χ0n) is 11.9. The number of alkyl halides is 3. The standard InChI is InChI=1S/C7H12O4.C6H3ClF3N/c1-3-10-6(8)5-7(9)11-4-2;7-5-1-4(2-11-3-5)6(8,9)10/h3-5H2,1-2H3;1-3H. The van der Waals surface area contributed by atoms with Gasteiger partial charge in [-0.25, -0.2) is 0 Å². The minimum Gasteiger partial charge on any atom is -0.466 e. The van der Waals surface area contributed by atoms with Gasteiger partial charge in [0.25, 0.3) is 0 Å². The second-order valence-electron chi connectivity index (χ2n) is 3.68. The zero-order chi connectivity index (χ0) is 17.2. The summed E-state index contributed by atoms with van der Waals surface area (Å²) >= 11 is 5.29. The summed E-state index contributed by atoms with van der Waals surface area (Å²) in [7, 11) is 0. The fourth-order valence-electron chi connectivity index (χ4n) is 1.11. The van der Waals surface area contributed by atoms with Gasteiger partial charge in [0.05, 0.1) is 23.8 Å². The highest BCUT2D eigenvalue weighted by molar-refractivity contribution is 6.30. The minimum absolute atomic E-state index is 0.0141. The van der Waals surface area contributed by atoms with E-state index in [4.69, 9.17) is 11.6 Å². The Kier molecular flexibility index (Phi) is 9.16. The van der Waals surface area contributed by atoms with Crippen molar-refractivity contribution in [1.29, 1.82) is 0 Å². The summed E-state index contributed by atoms with van der Waals surface area (Å²) < 4.78 is 44.6. The van der Waals surface area contributed by atoms with Crippen molar-refractivity contribution in [2.24, 2.45) is 0 Å². The molecule has 0 aliphatic rings. The number of hydrogen-bond donors (Lipinski definition) is 0. The van der Waals surface area contributed by atoms with E-state index in [1.165, 1.54) is 0 Å². The summed E-state index contributed by atoms with van der Waals surface area (Å²) in [4.78, 5) is 24.5.